The lowest BCUT2D eigenvalue weighted by atomic mass is 10.0. The first-order valence-electron chi connectivity index (χ1n) is 7.81. The van der Waals surface area contributed by atoms with Gasteiger partial charge in [0.25, 0.3) is 5.56 Å². The van der Waals surface area contributed by atoms with Crippen molar-refractivity contribution in [1.29, 1.82) is 0 Å². The van der Waals surface area contributed by atoms with Crippen LogP contribution in [0.3, 0.4) is 0 Å². The number of rotatable bonds is 6. The third kappa shape index (κ3) is 4.42. The Kier molecular flexibility index (Phi) is 6.25. The van der Waals surface area contributed by atoms with Crippen LogP contribution in [0.5, 0.6) is 5.75 Å². The lowest BCUT2D eigenvalue weighted by molar-refractivity contribution is -0.139. The summed E-state index contributed by atoms with van der Waals surface area (Å²) < 4.78 is 11.4. The maximum absolute atomic E-state index is 12.8. The maximum atomic E-state index is 12.8. The highest BCUT2D eigenvalue weighted by atomic mass is 32.2. The Labute approximate surface area is 151 Å². The number of esters is 1. The molecule has 7 heteroatoms. The molecule has 0 aliphatic heterocycles. The fraction of sp³-hybridized carbons (Fsp3) is 0.389. The number of aromatic nitrogens is 2. The summed E-state index contributed by atoms with van der Waals surface area (Å²) in [6, 6.07) is 7.61. The molecule has 2 rings (SSSR count). The van der Waals surface area contributed by atoms with Gasteiger partial charge in [0.2, 0.25) is 0 Å². The number of carbonyl (C=O) groups excluding carboxylic acids is 1. The van der Waals surface area contributed by atoms with Crippen molar-refractivity contribution in [3.8, 4) is 5.75 Å². The van der Waals surface area contributed by atoms with Crippen molar-refractivity contribution in [2.45, 2.75) is 30.7 Å². The largest absolute Gasteiger partial charge is 0.497 e. The van der Waals surface area contributed by atoms with E-state index in [1.807, 2.05) is 31.2 Å². The van der Waals surface area contributed by atoms with Gasteiger partial charge in [-0.1, -0.05) is 23.9 Å². The zero-order valence-electron chi connectivity index (χ0n) is 15.0. The van der Waals surface area contributed by atoms with E-state index in [2.05, 4.69) is 4.98 Å². The van der Waals surface area contributed by atoms with Gasteiger partial charge >= 0.3 is 5.97 Å². The van der Waals surface area contributed by atoms with Gasteiger partial charge in [-0.05, 0) is 31.5 Å². The van der Waals surface area contributed by atoms with Crippen LogP contribution in [0.15, 0.2) is 34.2 Å². The Bertz CT molecular complexity index is 832. The molecule has 0 bridgehead atoms. The molecule has 6 nitrogen and oxygen atoms in total. The molecular formula is C18H22N2O4S. The quantitative estimate of drug-likeness (QED) is 0.446. The molecule has 1 aromatic heterocycles. The molecule has 0 saturated carbocycles. The molecule has 1 heterocycles. The standard InChI is InChI=1S/C18H22N2O4S/c1-11-15(10-13-7-6-8-14(9-13)23-4)16(21)20(3)18(19-11)25-12(2)17(22)24-5/h6-9,12H,10H2,1-5H3/t12-/m0/s1. The molecular weight excluding hydrogens is 340 g/mol. The van der Waals surface area contributed by atoms with Gasteiger partial charge in [0.05, 0.1) is 14.2 Å². The van der Waals surface area contributed by atoms with Crippen LogP contribution in [0.4, 0.5) is 0 Å². The van der Waals surface area contributed by atoms with Crippen molar-refractivity contribution in [3.05, 3.63) is 51.4 Å². The molecule has 0 aliphatic rings. The van der Waals surface area contributed by atoms with Gasteiger partial charge in [-0.15, -0.1) is 0 Å². The zero-order chi connectivity index (χ0) is 18.6. The first kappa shape index (κ1) is 19.1. The maximum Gasteiger partial charge on any atom is 0.318 e. The van der Waals surface area contributed by atoms with Crippen molar-refractivity contribution < 1.29 is 14.3 Å². The van der Waals surface area contributed by atoms with Crippen LogP contribution in [0.25, 0.3) is 0 Å². The van der Waals surface area contributed by atoms with E-state index in [9.17, 15) is 9.59 Å². The highest BCUT2D eigenvalue weighted by Crippen LogP contribution is 2.22. The predicted molar refractivity (Wildman–Crippen MR) is 97.4 cm³/mol. The number of hydrogen-bond donors (Lipinski definition) is 0. The molecule has 0 aliphatic carbocycles. The minimum absolute atomic E-state index is 0.116. The van der Waals surface area contributed by atoms with Gasteiger partial charge < -0.3 is 9.47 Å². The highest BCUT2D eigenvalue weighted by molar-refractivity contribution is 8.00. The number of hydrogen-bond acceptors (Lipinski definition) is 6. The zero-order valence-corrected chi connectivity index (χ0v) is 15.8. The number of aryl methyl sites for hydroxylation is 1. The highest BCUT2D eigenvalue weighted by Gasteiger charge is 2.19. The van der Waals surface area contributed by atoms with Gasteiger partial charge in [0.15, 0.2) is 5.16 Å². The minimum atomic E-state index is -0.438. The van der Waals surface area contributed by atoms with Crippen LogP contribution in [0, 0.1) is 6.92 Å². The van der Waals surface area contributed by atoms with Crippen LogP contribution in [0.1, 0.15) is 23.7 Å². The summed E-state index contributed by atoms with van der Waals surface area (Å²) in [5.41, 5.74) is 2.15. The minimum Gasteiger partial charge on any atom is -0.497 e. The van der Waals surface area contributed by atoms with E-state index in [0.29, 0.717) is 22.8 Å². The van der Waals surface area contributed by atoms with Gasteiger partial charge in [-0.3, -0.25) is 14.2 Å². The Morgan fingerprint density at radius 2 is 2.08 bits per heavy atom. The van der Waals surface area contributed by atoms with E-state index >= 15 is 0 Å². The van der Waals surface area contributed by atoms with Crippen molar-refractivity contribution in [2.75, 3.05) is 14.2 Å². The van der Waals surface area contributed by atoms with Crippen molar-refractivity contribution in [1.82, 2.24) is 9.55 Å². The van der Waals surface area contributed by atoms with Gasteiger partial charge in [0.1, 0.15) is 11.0 Å². The lowest BCUT2D eigenvalue weighted by Gasteiger charge is -2.14. The molecule has 0 fully saturated rings. The molecule has 1 atom stereocenters. The molecule has 0 radical (unpaired) electrons. The van der Waals surface area contributed by atoms with Crippen LogP contribution in [-0.2, 0) is 23.0 Å². The van der Waals surface area contributed by atoms with E-state index in [-0.39, 0.29) is 11.5 Å². The summed E-state index contributed by atoms with van der Waals surface area (Å²) in [5, 5.41) is 0.0570. The van der Waals surface area contributed by atoms with Crippen LogP contribution in [-0.4, -0.2) is 35.0 Å². The summed E-state index contributed by atoms with van der Waals surface area (Å²) in [7, 11) is 4.62. The second-order valence-electron chi connectivity index (χ2n) is 5.63. The Balaban J connectivity index is 2.34. The van der Waals surface area contributed by atoms with Gasteiger partial charge in [-0.2, -0.15) is 0 Å². The molecule has 0 N–H and O–H groups in total. The summed E-state index contributed by atoms with van der Waals surface area (Å²) in [6.07, 6.45) is 0.472. The number of carbonyl (C=O) groups is 1. The number of ether oxygens (including phenoxy) is 2. The number of benzene rings is 1. The van der Waals surface area contributed by atoms with Crippen LogP contribution >= 0.6 is 11.8 Å². The number of thioether (sulfide) groups is 1. The summed E-state index contributed by atoms with van der Waals surface area (Å²) in [4.78, 5) is 28.9. The monoisotopic (exact) mass is 362 g/mol. The van der Waals surface area contributed by atoms with Gasteiger partial charge in [-0.25, -0.2) is 4.98 Å². The van der Waals surface area contributed by atoms with Crippen LogP contribution in [0.2, 0.25) is 0 Å². The van der Waals surface area contributed by atoms with E-state index < -0.39 is 5.25 Å². The topological polar surface area (TPSA) is 70.4 Å². The Morgan fingerprint density at radius 3 is 2.72 bits per heavy atom. The second kappa shape index (κ2) is 8.20. The average molecular weight is 362 g/mol. The van der Waals surface area contributed by atoms with E-state index in [4.69, 9.17) is 9.47 Å². The smallest absolute Gasteiger partial charge is 0.318 e. The Morgan fingerprint density at radius 1 is 1.36 bits per heavy atom. The first-order valence-corrected chi connectivity index (χ1v) is 8.69. The summed E-state index contributed by atoms with van der Waals surface area (Å²) in [5.74, 6) is 0.399. The van der Waals surface area contributed by atoms with Crippen molar-refractivity contribution >= 4 is 17.7 Å². The molecule has 0 spiro atoms. The van der Waals surface area contributed by atoms with E-state index in [1.165, 1.54) is 23.4 Å². The summed E-state index contributed by atoms with van der Waals surface area (Å²) in [6.45, 7) is 3.53. The van der Waals surface area contributed by atoms with Crippen molar-refractivity contribution in [2.24, 2.45) is 7.05 Å². The number of nitrogens with zero attached hydrogens (tertiary/aromatic N) is 2. The third-order valence-electron chi connectivity index (χ3n) is 3.88. The van der Waals surface area contributed by atoms with Crippen molar-refractivity contribution in [3.63, 3.8) is 0 Å². The lowest BCUT2D eigenvalue weighted by Crippen LogP contribution is -2.27. The Hall–Kier alpha value is -2.28. The van der Waals surface area contributed by atoms with Crippen LogP contribution < -0.4 is 10.3 Å². The second-order valence-corrected chi connectivity index (χ2v) is 6.94. The molecule has 0 saturated heterocycles. The first-order chi connectivity index (χ1) is 11.9. The van der Waals surface area contributed by atoms with E-state index in [1.54, 1.807) is 21.1 Å². The van der Waals surface area contributed by atoms with Gasteiger partial charge in [0, 0.05) is 24.7 Å². The molecule has 25 heavy (non-hydrogen) atoms. The normalized spacial score (nSPS) is 11.9. The predicted octanol–water partition coefficient (Wildman–Crippen LogP) is 2.34. The fourth-order valence-electron chi connectivity index (χ4n) is 2.40. The average Bonchev–Trinajstić information content (AvgIpc) is 2.62. The SMILES string of the molecule is COC(=O)[C@H](C)Sc1nc(C)c(Cc2cccc(OC)c2)c(=O)n1C. The number of methoxy groups -OCH3 is 2. The molecule has 1 aromatic carbocycles. The van der Waals surface area contributed by atoms with E-state index in [0.717, 1.165) is 11.3 Å². The third-order valence-corrected chi connectivity index (χ3v) is 5.00. The molecule has 0 unspecified atom stereocenters. The molecule has 2 aromatic rings. The molecule has 0 amide bonds. The summed E-state index contributed by atoms with van der Waals surface area (Å²) >= 11 is 1.21. The molecule has 134 valence electrons. The fourth-order valence-corrected chi connectivity index (χ4v) is 3.34.